The van der Waals surface area contributed by atoms with E-state index in [9.17, 15) is 4.79 Å². The van der Waals surface area contributed by atoms with Gasteiger partial charge >= 0.3 is 5.97 Å². The lowest BCUT2D eigenvalue weighted by molar-refractivity contribution is 0.0514. The van der Waals surface area contributed by atoms with Crippen LogP contribution in [-0.4, -0.2) is 30.9 Å². The third-order valence-corrected chi connectivity index (χ3v) is 3.74. The number of nitrogens with zero attached hydrogens (tertiary/aromatic N) is 1. The molecule has 5 heteroatoms. The van der Waals surface area contributed by atoms with Gasteiger partial charge in [-0.15, -0.1) is 0 Å². The van der Waals surface area contributed by atoms with E-state index in [1.54, 1.807) is 14.0 Å². The van der Waals surface area contributed by atoms with Crippen LogP contribution in [-0.2, 0) is 16.0 Å². The van der Waals surface area contributed by atoms with Crippen molar-refractivity contribution in [1.82, 2.24) is 4.57 Å². The number of hydrogen-bond acceptors (Lipinski definition) is 3. The Kier molecular flexibility index (Phi) is 5.65. The molecule has 0 spiro atoms. The highest BCUT2D eigenvalue weighted by Gasteiger charge is 2.22. The summed E-state index contributed by atoms with van der Waals surface area (Å²) in [5.74, 6) is -0.370. The molecule has 114 valence electrons. The highest BCUT2D eigenvalue weighted by Crippen LogP contribution is 2.31. The molecule has 0 fully saturated rings. The van der Waals surface area contributed by atoms with Gasteiger partial charge in [0.2, 0.25) is 0 Å². The van der Waals surface area contributed by atoms with Crippen LogP contribution in [0.4, 0.5) is 0 Å². The average Bonchev–Trinajstić information content (AvgIpc) is 2.77. The average molecular weight is 310 g/mol. The number of rotatable bonds is 7. The second-order valence-corrected chi connectivity index (χ2v) is 5.13. The van der Waals surface area contributed by atoms with E-state index >= 15 is 0 Å². The van der Waals surface area contributed by atoms with Crippen molar-refractivity contribution in [3.8, 4) is 0 Å². The topological polar surface area (TPSA) is 40.5 Å². The fourth-order valence-corrected chi connectivity index (χ4v) is 2.75. The summed E-state index contributed by atoms with van der Waals surface area (Å²) in [5.41, 5.74) is 1.40. The zero-order valence-corrected chi connectivity index (χ0v) is 13.2. The number of hydrogen-bond donors (Lipinski definition) is 0. The number of benzene rings is 1. The SMILES string of the molecule is CCOC(=O)c1c(Cl)c2ccccc2n1CCCCOC. The molecule has 0 amide bonds. The normalized spacial score (nSPS) is 11.0. The minimum absolute atomic E-state index is 0.334. The molecular weight excluding hydrogens is 290 g/mol. The molecule has 0 bridgehead atoms. The summed E-state index contributed by atoms with van der Waals surface area (Å²) in [6, 6.07) is 7.75. The van der Waals surface area contributed by atoms with Crippen molar-refractivity contribution >= 4 is 28.5 Å². The van der Waals surface area contributed by atoms with Gasteiger partial charge in [0.05, 0.1) is 17.1 Å². The number of para-hydroxylation sites is 1. The lowest BCUT2D eigenvalue weighted by atomic mass is 10.2. The molecule has 2 aromatic rings. The van der Waals surface area contributed by atoms with E-state index in [4.69, 9.17) is 21.1 Å². The molecule has 0 aliphatic carbocycles. The summed E-state index contributed by atoms with van der Waals surface area (Å²) >= 11 is 6.39. The fourth-order valence-electron chi connectivity index (χ4n) is 2.41. The van der Waals surface area contributed by atoms with Crippen LogP contribution in [0, 0.1) is 0 Å². The number of ether oxygens (including phenoxy) is 2. The standard InChI is InChI=1S/C16H20ClNO3/c1-3-21-16(19)15-14(17)12-8-4-5-9-13(12)18(15)10-6-7-11-20-2/h4-5,8-9H,3,6-7,10-11H2,1-2H3. The zero-order valence-electron chi connectivity index (χ0n) is 12.4. The monoisotopic (exact) mass is 309 g/mol. The van der Waals surface area contributed by atoms with Gasteiger partial charge < -0.3 is 14.0 Å². The number of methoxy groups -OCH3 is 1. The number of carbonyl (C=O) groups excluding carboxylic acids is 1. The molecule has 0 aliphatic heterocycles. The van der Waals surface area contributed by atoms with Gasteiger partial charge in [0.25, 0.3) is 0 Å². The molecule has 0 unspecified atom stereocenters. The van der Waals surface area contributed by atoms with Crippen molar-refractivity contribution in [3.63, 3.8) is 0 Å². The van der Waals surface area contributed by atoms with Crippen LogP contribution in [0.5, 0.6) is 0 Å². The number of fused-ring (bicyclic) bond motifs is 1. The Balaban J connectivity index is 2.38. The molecule has 0 saturated carbocycles. The number of unbranched alkanes of at least 4 members (excludes halogenated alkanes) is 1. The van der Waals surface area contributed by atoms with Gasteiger partial charge in [-0.1, -0.05) is 29.8 Å². The minimum Gasteiger partial charge on any atom is -0.461 e. The maximum absolute atomic E-state index is 12.2. The molecule has 1 aromatic carbocycles. The summed E-state index contributed by atoms with van der Waals surface area (Å²) in [7, 11) is 1.69. The molecule has 1 aromatic heterocycles. The number of esters is 1. The molecule has 21 heavy (non-hydrogen) atoms. The van der Waals surface area contributed by atoms with Crippen LogP contribution in [0.1, 0.15) is 30.3 Å². The second kappa shape index (κ2) is 7.48. The molecule has 4 nitrogen and oxygen atoms in total. The molecule has 1 heterocycles. The first-order valence-electron chi connectivity index (χ1n) is 7.13. The van der Waals surface area contributed by atoms with Crippen molar-refractivity contribution in [2.75, 3.05) is 20.3 Å². The van der Waals surface area contributed by atoms with Crippen LogP contribution in [0.3, 0.4) is 0 Å². The summed E-state index contributed by atoms with van der Waals surface area (Å²) in [5, 5.41) is 1.35. The second-order valence-electron chi connectivity index (χ2n) is 4.75. The van der Waals surface area contributed by atoms with Crippen molar-refractivity contribution in [1.29, 1.82) is 0 Å². The maximum atomic E-state index is 12.2. The predicted octanol–water partition coefficient (Wildman–Crippen LogP) is 3.90. The predicted molar refractivity (Wildman–Crippen MR) is 84.0 cm³/mol. The van der Waals surface area contributed by atoms with Crippen LogP contribution < -0.4 is 0 Å². The molecule has 0 N–H and O–H groups in total. The van der Waals surface area contributed by atoms with E-state index in [2.05, 4.69) is 0 Å². The van der Waals surface area contributed by atoms with E-state index < -0.39 is 0 Å². The maximum Gasteiger partial charge on any atom is 0.356 e. The smallest absolute Gasteiger partial charge is 0.356 e. The Morgan fingerprint density at radius 2 is 2.05 bits per heavy atom. The Bertz CT molecular complexity index is 621. The van der Waals surface area contributed by atoms with Gasteiger partial charge in [0.1, 0.15) is 5.69 Å². The summed E-state index contributed by atoms with van der Waals surface area (Å²) in [4.78, 5) is 12.2. The van der Waals surface area contributed by atoms with E-state index in [0.29, 0.717) is 30.5 Å². The highest BCUT2D eigenvalue weighted by atomic mass is 35.5. The summed E-state index contributed by atoms with van der Waals surface area (Å²) in [6.45, 7) is 3.55. The first-order chi connectivity index (χ1) is 10.2. The fraction of sp³-hybridized carbons (Fsp3) is 0.438. The van der Waals surface area contributed by atoms with Gasteiger partial charge in [-0.05, 0) is 25.8 Å². The Labute approximate surface area is 129 Å². The van der Waals surface area contributed by atoms with Gasteiger partial charge in [0.15, 0.2) is 0 Å². The van der Waals surface area contributed by atoms with E-state index in [-0.39, 0.29) is 5.97 Å². The van der Waals surface area contributed by atoms with E-state index in [0.717, 1.165) is 23.7 Å². The van der Waals surface area contributed by atoms with Gasteiger partial charge in [-0.3, -0.25) is 0 Å². The van der Waals surface area contributed by atoms with Crippen LogP contribution in [0.2, 0.25) is 5.02 Å². The zero-order chi connectivity index (χ0) is 15.2. The summed E-state index contributed by atoms with van der Waals surface area (Å²) < 4.78 is 12.1. The Morgan fingerprint density at radius 1 is 1.29 bits per heavy atom. The number of aryl methyl sites for hydroxylation is 1. The number of carbonyl (C=O) groups is 1. The highest BCUT2D eigenvalue weighted by molar-refractivity contribution is 6.38. The minimum atomic E-state index is -0.370. The lowest BCUT2D eigenvalue weighted by Gasteiger charge is -2.10. The van der Waals surface area contributed by atoms with Crippen molar-refractivity contribution in [2.45, 2.75) is 26.3 Å². The molecule has 0 radical (unpaired) electrons. The Hall–Kier alpha value is -1.52. The largest absolute Gasteiger partial charge is 0.461 e. The molecular formula is C16H20ClNO3. The van der Waals surface area contributed by atoms with Gasteiger partial charge in [0, 0.05) is 25.6 Å². The molecule has 0 saturated heterocycles. The lowest BCUT2D eigenvalue weighted by Crippen LogP contribution is -2.13. The molecule has 2 rings (SSSR count). The van der Waals surface area contributed by atoms with Crippen molar-refractivity contribution in [3.05, 3.63) is 35.0 Å². The third kappa shape index (κ3) is 3.39. The van der Waals surface area contributed by atoms with E-state index in [1.807, 2.05) is 28.8 Å². The number of halogens is 1. The van der Waals surface area contributed by atoms with E-state index in [1.165, 1.54) is 0 Å². The van der Waals surface area contributed by atoms with Gasteiger partial charge in [-0.25, -0.2) is 4.79 Å². The van der Waals surface area contributed by atoms with Gasteiger partial charge in [-0.2, -0.15) is 0 Å². The van der Waals surface area contributed by atoms with Crippen LogP contribution in [0.15, 0.2) is 24.3 Å². The van der Waals surface area contributed by atoms with Crippen molar-refractivity contribution in [2.24, 2.45) is 0 Å². The first kappa shape index (κ1) is 15.9. The third-order valence-electron chi connectivity index (χ3n) is 3.36. The Morgan fingerprint density at radius 3 is 2.76 bits per heavy atom. The quantitative estimate of drug-likeness (QED) is 0.575. The molecule has 0 atom stereocenters. The van der Waals surface area contributed by atoms with Crippen molar-refractivity contribution < 1.29 is 14.3 Å². The number of aromatic nitrogens is 1. The van der Waals surface area contributed by atoms with Crippen LogP contribution >= 0.6 is 11.6 Å². The first-order valence-corrected chi connectivity index (χ1v) is 7.51. The molecule has 0 aliphatic rings. The summed E-state index contributed by atoms with van der Waals surface area (Å²) in [6.07, 6.45) is 1.85. The van der Waals surface area contributed by atoms with Crippen LogP contribution in [0.25, 0.3) is 10.9 Å².